The molecule has 2 rings (SSSR count). The van der Waals surface area contributed by atoms with Crippen molar-refractivity contribution in [3.8, 4) is 5.88 Å². The number of anilines is 1. The van der Waals surface area contributed by atoms with Gasteiger partial charge in [-0.3, -0.25) is 0 Å². The highest BCUT2D eigenvalue weighted by atomic mass is 16.5. The Kier molecular flexibility index (Phi) is 2.49. The summed E-state index contributed by atoms with van der Waals surface area (Å²) in [5.41, 5.74) is 5.67. The van der Waals surface area contributed by atoms with Crippen LogP contribution in [0.4, 0.5) is 5.82 Å². The molecular formula is C9H14N4O. The van der Waals surface area contributed by atoms with Gasteiger partial charge in [-0.1, -0.05) is 0 Å². The molecule has 14 heavy (non-hydrogen) atoms. The Morgan fingerprint density at radius 2 is 2.43 bits per heavy atom. The Morgan fingerprint density at radius 1 is 1.64 bits per heavy atom. The zero-order valence-electron chi connectivity index (χ0n) is 8.10. The molecular weight excluding hydrogens is 180 g/mol. The van der Waals surface area contributed by atoms with Gasteiger partial charge in [0.25, 0.3) is 0 Å². The Labute approximate surface area is 82.7 Å². The lowest BCUT2D eigenvalue weighted by atomic mass is 10.5. The topological polar surface area (TPSA) is 73.1 Å². The third-order valence-electron chi connectivity index (χ3n) is 2.11. The molecule has 0 aliphatic heterocycles. The Hall–Kier alpha value is -1.36. The molecule has 5 nitrogen and oxygen atoms in total. The predicted octanol–water partition coefficient (Wildman–Crippen LogP) is 0.387. The maximum absolute atomic E-state index is 5.67. The maximum Gasteiger partial charge on any atom is 0.218 e. The fourth-order valence-corrected chi connectivity index (χ4v) is 1.22. The van der Waals surface area contributed by atoms with Crippen LogP contribution < -0.4 is 15.8 Å². The van der Waals surface area contributed by atoms with Gasteiger partial charge in [-0.15, -0.1) is 0 Å². The van der Waals surface area contributed by atoms with Crippen LogP contribution in [0.25, 0.3) is 0 Å². The van der Waals surface area contributed by atoms with Crippen molar-refractivity contribution in [3.63, 3.8) is 0 Å². The number of hydrogen-bond donors (Lipinski definition) is 2. The van der Waals surface area contributed by atoms with Crippen LogP contribution in [0.15, 0.2) is 12.4 Å². The number of nitrogens with zero attached hydrogens (tertiary/aromatic N) is 2. The average molecular weight is 194 g/mol. The zero-order chi connectivity index (χ0) is 9.97. The minimum atomic E-state index is 0.264. The second-order valence-corrected chi connectivity index (χ2v) is 3.32. The molecule has 0 aromatic carbocycles. The van der Waals surface area contributed by atoms with E-state index in [0.29, 0.717) is 18.5 Å². The van der Waals surface area contributed by atoms with E-state index in [9.17, 15) is 0 Å². The third kappa shape index (κ3) is 2.11. The molecule has 1 aliphatic rings. The molecule has 0 bridgehead atoms. The summed E-state index contributed by atoms with van der Waals surface area (Å²) in [6.45, 7) is 2.53. The van der Waals surface area contributed by atoms with Crippen molar-refractivity contribution in [1.82, 2.24) is 9.97 Å². The van der Waals surface area contributed by atoms with Crippen LogP contribution in [0.1, 0.15) is 13.3 Å². The quantitative estimate of drug-likeness (QED) is 0.725. The Balaban J connectivity index is 1.99. The standard InChI is InChI=1S/C9H14N4O/c1-2-14-9-4-8(11-5-12-9)13-7-3-6(7)10/h4-7H,2-3,10H2,1H3,(H,11,12,13). The number of aromatic nitrogens is 2. The molecule has 1 saturated carbocycles. The van der Waals surface area contributed by atoms with Crippen molar-refractivity contribution in [3.05, 3.63) is 12.4 Å². The normalized spacial score (nSPS) is 24.4. The van der Waals surface area contributed by atoms with Gasteiger partial charge in [0.2, 0.25) is 5.88 Å². The van der Waals surface area contributed by atoms with Crippen LogP contribution in [0.2, 0.25) is 0 Å². The van der Waals surface area contributed by atoms with Gasteiger partial charge >= 0.3 is 0 Å². The number of rotatable bonds is 4. The summed E-state index contributed by atoms with van der Waals surface area (Å²) in [6.07, 6.45) is 2.50. The van der Waals surface area contributed by atoms with Crippen molar-refractivity contribution in [2.45, 2.75) is 25.4 Å². The van der Waals surface area contributed by atoms with Crippen molar-refractivity contribution >= 4 is 5.82 Å². The second kappa shape index (κ2) is 3.79. The smallest absolute Gasteiger partial charge is 0.218 e. The zero-order valence-corrected chi connectivity index (χ0v) is 8.10. The highest BCUT2D eigenvalue weighted by Gasteiger charge is 2.33. The van der Waals surface area contributed by atoms with E-state index in [1.807, 2.05) is 6.92 Å². The summed E-state index contributed by atoms with van der Waals surface area (Å²) in [4.78, 5) is 8.05. The first kappa shape index (κ1) is 9.21. The first-order chi connectivity index (χ1) is 6.79. The van der Waals surface area contributed by atoms with Crippen LogP contribution in [-0.2, 0) is 0 Å². The SMILES string of the molecule is CCOc1cc(NC2CC2N)ncn1. The molecule has 1 aliphatic carbocycles. The molecule has 1 aromatic rings. The molecule has 0 amide bonds. The molecule has 2 atom stereocenters. The predicted molar refractivity (Wildman–Crippen MR) is 53.2 cm³/mol. The van der Waals surface area contributed by atoms with Gasteiger partial charge in [-0.2, -0.15) is 0 Å². The lowest BCUT2D eigenvalue weighted by molar-refractivity contribution is 0.326. The second-order valence-electron chi connectivity index (χ2n) is 3.32. The summed E-state index contributed by atoms with van der Waals surface area (Å²) >= 11 is 0. The lowest BCUT2D eigenvalue weighted by Crippen LogP contribution is -2.14. The number of ether oxygens (including phenoxy) is 1. The van der Waals surface area contributed by atoms with Gasteiger partial charge in [0.15, 0.2) is 0 Å². The monoisotopic (exact) mass is 194 g/mol. The minimum absolute atomic E-state index is 0.264. The van der Waals surface area contributed by atoms with Gasteiger partial charge in [0, 0.05) is 18.2 Å². The van der Waals surface area contributed by atoms with E-state index in [1.165, 1.54) is 6.33 Å². The summed E-state index contributed by atoms with van der Waals surface area (Å²) in [5, 5.41) is 3.21. The van der Waals surface area contributed by atoms with Crippen LogP contribution >= 0.6 is 0 Å². The van der Waals surface area contributed by atoms with Gasteiger partial charge < -0.3 is 15.8 Å². The van der Waals surface area contributed by atoms with E-state index >= 15 is 0 Å². The fraction of sp³-hybridized carbons (Fsp3) is 0.556. The molecule has 5 heteroatoms. The first-order valence-corrected chi connectivity index (χ1v) is 4.76. The summed E-state index contributed by atoms with van der Waals surface area (Å²) in [5.74, 6) is 1.38. The van der Waals surface area contributed by atoms with Gasteiger partial charge in [-0.25, -0.2) is 9.97 Å². The molecule has 1 aromatic heterocycles. The maximum atomic E-state index is 5.67. The highest BCUT2D eigenvalue weighted by Crippen LogP contribution is 2.23. The average Bonchev–Trinajstić information content (AvgIpc) is 2.83. The van der Waals surface area contributed by atoms with Gasteiger partial charge in [0.05, 0.1) is 6.61 Å². The number of nitrogens with two attached hydrogens (primary N) is 1. The summed E-state index contributed by atoms with van der Waals surface area (Å²) in [6, 6.07) is 2.41. The Bertz CT molecular complexity index is 317. The fourth-order valence-electron chi connectivity index (χ4n) is 1.22. The van der Waals surface area contributed by atoms with Crippen LogP contribution in [0.3, 0.4) is 0 Å². The van der Waals surface area contributed by atoms with E-state index in [0.717, 1.165) is 12.2 Å². The highest BCUT2D eigenvalue weighted by molar-refractivity contribution is 5.40. The van der Waals surface area contributed by atoms with Crippen LogP contribution in [0.5, 0.6) is 5.88 Å². The van der Waals surface area contributed by atoms with Crippen LogP contribution in [-0.4, -0.2) is 28.7 Å². The van der Waals surface area contributed by atoms with E-state index < -0.39 is 0 Å². The molecule has 1 heterocycles. The molecule has 3 N–H and O–H groups in total. The van der Waals surface area contributed by atoms with Gasteiger partial charge in [-0.05, 0) is 13.3 Å². The molecule has 0 spiro atoms. The van der Waals surface area contributed by atoms with Gasteiger partial charge in [0.1, 0.15) is 12.1 Å². The summed E-state index contributed by atoms with van der Waals surface area (Å²) < 4.78 is 5.25. The lowest BCUT2D eigenvalue weighted by Gasteiger charge is -2.05. The van der Waals surface area contributed by atoms with Crippen molar-refractivity contribution in [1.29, 1.82) is 0 Å². The van der Waals surface area contributed by atoms with Crippen molar-refractivity contribution < 1.29 is 4.74 Å². The van der Waals surface area contributed by atoms with Crippen LogP contribution in [0, 0.1) is 0 Å². The first-order valence-electron chi connectivity index (χ1n) is 4.76. The molecule has 76 valence electrons. The number of nitrogens with one attached hydrogen (secondary N) is 1. The number of hydrogen-bond acceptors (Lipinski definition) is 5. The molecule has 0 saturated heterocycles. The summed E-state index contributed by atoms with van der Waals surface area (Å²) in [7, 11) is 0. The Morgan fingerprint density at radius 3 is 3.07 bits per heavy atom. The minimum Gasteiger partial charge on any atom is -0.478 e. The van der Waals surface area contributed by atoms with E-state index in [4.69, 9.17) is 10.5 Å². The third-order valence-corrected chi connectivity index (χ3v) is 2.11. The largest absolute Gasteiger partial charge is 0.478 e. The molecule has 2 unspecified atom stereocenters. The van der Waals surface area contributed by atoms with E-state index in [-0.39, 0.29) is 6.04 Å². The van der Waals surface area contributed by atoms with Crippen molar-refractivity contribution in [2.75, 3.05) is 11.9 Å². The van der Waals surface area contributed by atoms with Crippen molar-refractivity contribution in [2.24, 2.45) is 5.73 Å². The molecule has 1 fully saturated rings. The van der Waals surface area contributed by atoms with E-state index in [2.05, 4.69) is 15.3 Å². The molecule has 0 radical (unpaired) electrons. The van der Waals surface area contributed by atoms with E-state index in [1.54, 1.807) is 6.07 Å².